The average Bonchev–Trinajstić information content (AvgIpc) is 4.28. The maximum Gasteiger partial charge on any atom is 0.345 e. The predicted octanol–water partition coefficient (Wildman–Crippen LogP) is 12.6. The van der Waals surface area contributed by atoms with Crippen molar-refractivity contribution < 1.29 is 47.6 Å². The summed E-state index contributed by atoms with van der Waals surface area (Å²) in [6.45, 7) is 1.37. The van der Waals surface area contributed by atoms with Crippen molar-refractivity contribution in [2.45, 2.75) is 39.1 Å². The zero-order valence-corrected chi connectivity index (χ0v) is 41.5. The van der Waals surface area contributed by atoms with Crippen molar-refractivity contribution in [3.8, 4) is 60.7 Å². The Morgan fingerprint density at radius 3 is 1.58 bits per heavy atom. The lowest BCUT2D eigenvalue weighted by Gasteiger charge is -2.14. The SMILES string of the molecule is COC(=O)Cc1ccc(-c2ccc(C(=O)O)s2)cc1OCc1cc(-c2cccc(CN)c2)c2occc2c1.N#Cc1ccc(-c2ccc(CC(=O)O)c(OCc3cc(-c4cccc(CN)c4)c4occc4c3)c2)s1. The summed E-state index contributed by atoms with van der Waals surface area (Å²) < 4.78 is 28.9. The molecule has 13 nitrogen and oxygen atoms in total. The Balaban J connectivity index is 0.000000182. The fourth-order valence-corrected chi connectivity index (χ4v) is 10.1. The molecule has 10 aromatic rings. The number of aromatic carboxylic acids is 1. The molecule has 0 aliphatic carbocycles. The number of fused-ring (bicyclic) bond motifs is 2. The highest BCUT2D eigenvalue weighted by Gasteiger charge is 2.18. The summed E-state index contributed by atoms with van der Waals surface area (Å²) in [4.78, 5) is 37.4. The molecule has 74 heavy (non-hydrogen) atoms. The van der Waals surface area contributed by atoms with Crippen LogP contribution in [0.5, 0.6) is 11.5 Å². The van der Waals surface area contributed by atoms with E-state index in [1.54, 1.807) is 36.8 Å². The van der Waals surface area contributed by atoms with Crippen molar-refractivity contribution in [3.05, 3.63) is 201 Å². The average molecular weight is 1020 g/mol. The van der Waals surface area contributed by atoms with Gasteiger partial charge in [0.2, 0.25) is 0 Å². The van der Waals surface area contributed by atoms with Gasteiger partial charge in [0.15, 0.2) is 0 Å². The molecule has 4 heterocycles. The second kappa shape index (κ2) is 22.7. The van der Waals surface area contributed by atoms with E-state index in [9.17, 15) is 24.6 Å². The van der Waals surface area contributed by atoms with Crippen molar-refractivity contribution in [1.82, 2.24) is 0 Å². The van der Waals surface area contributed by atoms with Gasteiger partial charge in [-0.15, -0.1) is 22.7 Å². The zero-order chi connectivity index (χ0) is 51.7. The Morgan fingerprint density at radius 1 is 0.581 bits per heavy atom. The van der Waals surface area contributed by atoms with Crippen molar-refractivity contribution in [2.75, 3.05) is 7.11 Å². The van der Waals surface area contributed by atoms with E-state index in [1.165, 1.54) is 29.8 Å². The number of furan rings is 2. The third kappa shape index (κ3) is 11.6. The third-order valence-electron chi connectivity index (χ3n) is 12.1. The summed E-state index contributed by atoms with van der Waals surface area (Å²) in [5.74, 6) is -1.26. The lowest BCUT2D eigenvalue weighted by atomic mass is 9.99. The van der Waals surface area contributed by atoms with Crippen LogP contribution in [0.4, 0.5) is 0 Å². The summed E-state index contributed by atoms with van der Waals surface area (Å²) in [6, 6.07) is 48.1. The fourth-order valence-electron chi connectivity index (χ4n) is 8.47. The van der Waals surface area contributed by atoms with Gasteiger partial charge in [-0.3, -0.25) is 9.59 Å². The molecule has 0 saturated heterocycles. The van der Waals surface area contributed by atoms with Crippen LogP contribution in [-0.2, 0) is 53.5 Å². The molecule has 0 aliphatic heterocycles. The number of carbonyl (C=O) groups is 3. The maximum atomic E-state index is 12.1. The number of carbonyl (C=O) groups excluding carboxylic acids is 1. The van der Waals surface area contributed by atoms with Crippen LogP contribution in [0.3, 0.4) is 0 Å². The van der Waals surface area contributed by atoms with Gasteiger partial charge < -0.3 is 44.7 Å². The van der Waals surface area contributed by atoms with Crippen molar-refractivity contribution in [3.63, 3.8) is 0 Å². The smallest absolute Gasteiger partial charge is 0.345 e. The number of aliphatic carboxylic acids is 1. The van der Waals surface area contributed by atoms with Crippen molar-refractivity contribution >= 4 is 62.5 Å². The van der Waals surface area contributed by atoms with E-state index < -0.39 is 11.9 Å². The van der Waals surface area contributed by atoms with Crippen LogP contribution in [0.15, 0.2) is 167 Å². The van der Waals surface area contributed by atoms with Gasteiger partial charge in [-0.25, -0.2) is 4.79 Å². The van der Waals surface area contributed by atoms with Gasteiger partial charge in [0, 0.05) is 55.9 Å². The predicted molar refractivity (Wildman–Crippen MR) is 286 cm³/mol. The Bertz CT molecular complexity index is 3730. The topological polar surface area (TPSA) is 221 Å². The number of thiophene rings is 2. The number of esters is 1. The number of nitriles is 1. The maximum absolute atomic E-state index is 12.1. The van der Waals surface area contributed by atoms with Crippen LogP contribution in [0, 0.1) is 11.3 Å². The molecule has 0 fully saturated rings. The van der Waals surface area contributed by atoms with Gasteiger partial charge in [-0.2, -0.15) is 5.26 Å². The minimum atomic E-state index is -0.970. The molecule has 0 bridgehead atoms. The molecule has 0 radical (unpaired) electrons. The highest BCUT2D eigenvalue weighted by atomic mass is 32.1. The number of carboxylic acid groups (broad SMARTS) is 2. The summed E-state index contributed by atoms with van der Waals surface area (Å²) >= 11 is 2.56. The number of hydrogen-bond donors (Lipinski definition) is 4. The van der Waals surface area contributed by atoms with E-state index in [4.69, 9.17) is 39.8 Å². The number of hydrogen-bond acceptors (Lipinski definition) is 13. The van der Waals surface area contributed by atoms with Crippen LogP contribution in [-0.4, -0.2) is 35.2 Å². The Morgan fingerprint density at radius 2 is 1.11 bits per heavy atom. The van der Waals surface area contributed by atoms with Gasteiger partial charge >= 0.3 is 17.9 Å². The van der Waals surface area contributed by atoms with Gasteiger partial charge in [-0.1, -0.05) is 60.7 Å². The van der Waals surface area contributed by atoms with E-state index in [-0.39, 0.29) is 36.9 Å². The van der Waals surface area contributed by atoms with Gasteiger partial charge in [-0.05, 0) is 129 Å². The van der Waals surface area contributed by atoms with Crippen molar-refractivity contribution in [1.29, 1.82) is 5.26 Å². The standard InChI is InChI=1S/C30H25NO6S.C29H22N2O4S/c1-35-28(32)15-21-5-6-22(26-7-8-27(38-26)30(33)34)14-25(21)37-17-19-12-23-9-10-36-29(23)24(13-19)20-4-2-3-18(11-20)16-31;30-15-18-2-1-3-20(10-18)25-12-19(11-23-8-9-34-29(23)25)17-35-26-13-22(5-4-21(26)14-28(32)33)27-7-6-24(16-31)36-27/h2-14H,15-17,31H2,1H3,(H,33,34);1-13H,14-15,17,30H2,(H,32,33). The van der Waals surface area contributed by atoms with Crippen LogP contribution in [0.2, 0.25) is 0 Å². The summed E-state index contributed by atoms with van der Waals surface area (Å²) in [5.41, 5.74) is 24.0. The molecule has 0 spiro atoms. The monoisotopic (exact) mass is 1020 g/mol. The molecule has 0 saturated carbocycles. The van der Waals surface area contributed by atoms with E-state index in [1.807, 2.05) is 121 Å². The fraction of sp³-hybridized carbons (Fsp3) is 0.119. The summed E-state index contributed by atoms with van der Waals surface area (Å²) in [5, 5.41) is 29.7. The second-order valence-electron chi connectivity index (χ2n) is 17.1. The molecule has 6 aromatic carbocycles. The highest BCUT2D eigenvalue weighted by molar-refractivity contribution is 7.17. The molecule has 0 aliphatic rings. The molecule has 0 atom stereocenters. The first-order chi connectivity index (χ1) is 36.0. The minimum absolute atomic E-state index is 0.0504. The molecule has 15 heteroatoms. The Labute approximate surface area is 433 Å². The van der Waals surface area contributed by atoms with E-state index in [2.05, 4.69) is 6.07 Å². The first-order valence-electron chi connectivity index (χ1n) is 23.2. The molecule has 4 aromatic heterocycles. The second-order valence-corrected chi connectivity index (χ2v) is 19.2. The first kappa shape index (κ1) is 50.2. The number of nitrogens with two attached hydrogens (primary N) is 2. The zero-order valence-electron chi connectivity index (χ0n) is 39.8. The van der Waals surface area contributed by atoms with E-state index in [0.29, 0.717) is 40.6 Å². The molecule has 370 valence electrons. The molecular weight excluding hydrogens is 975 g/mol. The van der Waals surface area contributed by atoms with Crippen LogP contribution in [0.1, 0.15) is 47.9 Å². The molecule has 6 N–H and O–H groups in total. The molecule has 0 amide bonds. The normalized spacial score (nSPS) is 10.9. The number of nitrogens with zero attached hydrogens (tertiary/aromatic N) is 1. The largest absolute Gasteiger partial charge is 0.489 e. The molecule has 10 rings (SSSR count). The highest BCUT2D eigenvalue weighted by Crippen LogP contribution is 2.37. The number of carboxylic acids is 2. The van der Waals surface area contributed by atoms with Crippen LogP contribution in [0.25, 0.3) is 65.1 Å². The van der Waals surface area contributed by atoms with Crippen LogP contribution >= 0.6 is 22.7 Å². The van der Waals surface area contributed by atoms with E-state index in [0.717, 1.165) is 87.3 Å². The number of ether oxygens (including phenoxy) is 3. The molecule has 0 unspecified atom stereocenters. The number of benzene rings is 6. The van der Waals surface area contributed by atoms with Gasteiger partial charge in [0.1, 0.15) is 51.7 Å². The van der Waals surface area contributed by atoms with Gasteiger partial charge in [0.25, 0.3) is 0 Å². The first-order valence-corrected chi connectivity index (χ1v) is 24.8. The number of methoxy groups -OCH3 is 1. The van der Waals surface area contributed by atoms with Gasteiger partial charge in [0.05, 0.1) is 32.5 Å². The third-order valence-corrected chi connectivity index (χ3v) is 14.3. The Kier molecular flexibility index (Phi) is 15.4. The summed E-state index contributed by atoms with van der Waals surface area (Å²) in [6.07, 6.45) is 3.22. The Hall–Kier alpha value is -8.78. The summed E-state index contributed by atoms with van der Waals surface area (Å²) in [7, 11) is 1.34. The van der Waals surface area contributed by atoms with E-state index >= 15 is 0 Å². The van der Waals surface area contributed by atoms with Crippen molar-refractivity contribution in [2.24, 2.45) is 11.5 Å². The quantitative estimate of drug-likeness (QED) is 0.0624. The lowest BCUT2D eigenvalue weighted by Crippen LogP contribution is -2.07. The lowest BCUT2D eigenvalue weighted by molar-refractivity contribution is -0.140. The minimum Gasteiger partial charge on any atom is -0.489 e. The van der Waals surface area contributed by atoms with Crippen LogP contribution < -0.4 is 20.9 Å². The number of rotatable bonds is 17. The molecular formula is C59H47N3O10S2.